The molecule has 1 unspecified atom stereocenters. The maximum atomic E-state index is 13.7. The van der Waals surface area contributed by atoms with Gasteiger partial charge in [0.25, 0.3) is 5.56 Å². The number of hydrogen-bond acceptors (Lipinski definition) is 10. The molecule has 7 N–H and O–H groups in total. The molecule has 0 spiro atoms. The molecule has 0 aliphatic carbocycles. The molecule has 11 nitrogen and oxygen atoms in total. The van der Waals surface area contributed by atoms with Gasteiger partial charge in [0.2, 0.25) is 5.95 Å². The van der Waals surface area contributed by atoms with Gasteiger partial charge in [-0.05, 0) is 30.7 Å². The van der Waals surface area contributed by atoms with Crippen LogP contribution < -0.4 is 28.1 Å². The first-order chi connectivity index (χ1) is 16.3. The van der Waals surface area contributed by atoms with Crippen LogP contribution in [0.4, 0.5) is 23.4 Å². The van der Waals surface area contributed by atoms with E-state index in [0.29, 0.717) is 29.3 Å². The first-order valence-electron chi connectivity index (χ1n) is 10.4. The van der Waals surface area contributed by atoms with Gasteiger partial charge in [-0.1, -0.05) is 31.0 Å². The molecule has 4 rings (SSSR count). The third-order valence-corrected chi connectivity index (χ3v) is 5.48. The zero-order valence-corrected chi connectivity index (χ0v) is 18.9. The Morgan fingerprint density at radius 3 is 2.65 bits per heavy atom. The molecule has 0 aliphatic rings. The maximum Gasteiger partial charge on any atom is 0.267 e. The Morgan fingerprint density at radius 2 is 1.97 bits per heavy atom. The predicted molar refractivity (Wildman–Crippen MR) is 131 cm³/mol. The highest BCUT2D eigenvalue weighted by atomic mass is 35.5. The fraction of sp³-hybridized carbons (Fsp3) is 0.182. The van der Waals surface area contributed by atoms with Crippen LogP contribution >= 0.6 is 11.6 Å². The van der Waals surface area contributed by atoms with E-state index in [9.17, 15) is 10.1 Å². The Bertz CT molecular complexity index is 1480. The first-order valence-corrected chi connectivity index (χ1v) is 10.7. The lowest BCUT2D eigenvalue weighted by Crippen LogP contribution is -2.29. The number of nitrogens with zero attached hydrogens (tertiary/aromatic N) is 6. The summed E-state index contributed by atoms with van der Waals surface area (Å²) in [7, 11) is 0. The fourth-order valence-corrected chi connectivity index (χ4v) is 3.90. The second-order valence-electron chi connectivity index (χ2n) is 7.47. The number of nitrogen functional groups attached to an aromatic ring is 3. The van der Waals surface area contributed by atoms with Crippen LogP contribution in [0.25, 0.3) is 16.6 Å². The molecule has 0 fully saturated rings. The molecular weight excluding hydrogens is 456 g/mol. The number of anilines is 4. The Hall–Kier alpha value is -4.43. The topological polar surface area (TPSA) is 187 Å². The van der Waals surface area contributed by atoms with Crippen LogP contribution in [-0.2, 0) is 0 Å². The molecule has 0 radical (unpaired) electrons. The van der Waals surface area contributed by atoms with Gasteiger partial charge >= 0.3 is 0 Å². The van der Waals surface area contributed by atoms with Crippen molar-refractivity contribution in [2.24, 2.45) is 0 Å². The van der Waals surface area contributed by atoms with Gasteiger partial charge < -0.3 is 22.5 Å². The number of nitrogens with two attached hydrogens (primary N) is 3. The van der Waals surface area contributed by atoms with Crippen molar-refractivity contribution in [1.29, 1.82) is 5.26 Å². The fourth-order valence-electron chi connectivity index (χ4n) is 3.65. The van der Waals surface area contributed by atoms with Crippen molar-refractivity contribution >= 4 is 45.9 Å². The zero-order valence-electron chi connectivity index (χ0n) is 18.2. The average molecular weight is 477 g/mol. The molecule has 3 heterocycles. The summed E-state index contributed by atoms with van der Waals surface area (Å²) in [5.41, 5.74) is 17.9. The van der Waals surface area contributed by atoms with Crippen molar-refractivity contribution in [3.05, 3.63) is 63.3 Å². The van der Waals surface area contributed by atoms with Crippen LogP contribution in [0.3, 0.4) is 0 Å². The number of fused-ring (bicyclic) bond motifs is 1. The van der Waals surface area contributed by atoms with E-state index in [-0.39, 0.29) is 39.1 Å². The van der Waals surface area contributed by atoms with E-state index in [1.807, 2.05) is 13.0 Å². The minimum absolute atomic E-state index is 0.0437. The quantitative estimate of drug-likeness (QED) is 0.322. The van der Waals surface area contributed by atoms with E-state index in [1.54, 1.807) is 30.3 Å². The predicted octanol–water partition coefficient (Wildman–Crippen LogP) is 2.80. The summed E-state index contributed by atoms with van der Waals surface area (Å²) in [6, 6.07) is 9.75. The highest BCUT2D eigenvalue weighted by Gasteiger charge is 2.24. The Balaban J connectivity index is 1.99. The number of hydrogen-bond donors (Lipinski definition) is 4. The van der Waals surface area contributed by atoms with Crippen LogP contribution in [0.15, 0.2) is 41.3 Å². The molecule has 3 aromatic heterocycles. The van der Waals surface area contributed by atoms with Gasteiger partial charge in [0.05, 0.1) is 33.9 Å². The van der Waals surface area contributed by atoms with Crippen LogP contribution in [-0.4, -0.2) is 24.5 Å². The highest BCUT2D eigenvalue weighted by molar-refractivity contribution is 6.35. The summed E-state index contributed by atoms with van der Waals surface area (Å²) in [5.74, 6) is 0.680. The minimum Gasteiger partial charge on any atom is -0.384 e. The lowest BCUT2D eigenvalue weighted by Gasteiger charge is -2.23. The second kappa shape index (κ2) is 9.21. The van der Waals surface area contributed by atoms with E-state index in [4.69, 9.17) is 33.8 Å². The standard InChI is InChI=1S/C22H21ClN10O/c1-2-4-15(29-19-12(9-24)18(26)31-22(27)32-19)20-30-14-6-3-5-13(23)17(14)21(34)33(20)11-7-8-16(25)28-10-11/h3,5-8,10,15H,2,4H2,1H3,(H2,25,28)(H5,26,27,29,31,32). The first kappa shape index (κ1) is 22.8. The van der Waals surface area contributed by atoms with E-state index in [1.165, 1.54) is 10.8 Å². The molecule has 0 bridgehead atoms. The van der Waals surface area contributed by atoms with Gasteiger partial charge in [-0.15, -0.1) is 0 Å². The summed E-state index contributed by atoms with van der Waals surface area (Å²) in [4.78, 5) is 30.6. The van der Waals surface area contributed by atoms with E-state index >= 15 is 0 Å². The van der Waals surface area contributed by atoms with Gasteiger partial charge in [-0.2, -0.15) is 15.2 Å². The lowest BCUT2D eigenvalue weighted by atomic mass is 10.1. The lowest BCUT2D eigenvalue weighted by molar-refractivity contribution is 0.615. The summed E-state index contributed by atoms with van der Waals surface area (Å²) in [6.45, 7) is 1.98. The molecule has 172 valence electrons. The summed E-state index contributed by atoms with van der Waals surface area (Å²) >= 11 is 6.36. The van der Waals surface area contributed by atoms with Crippen LogP contribution in [0.5, 0.6) is 0 Å². The van der Waals surface area contributed by atoms with E-state index < -0.39 is 6.04 Å². The number of halogens is 1. The molecule has 0 saturated heterocycles. The van der Waals surface area contributed by atoms with Crippen molar-refractivity contribution in [3.8, 4) is 11.8 Å². The third kappa shape index (κ3) is 4.14. The van der Waals surface area contributed by atoms with Crippen LogP contribution in [0.1, 0.15) is 37.2 Å². The van der Waals surface area contributed by atoms with Crippen molar-refractivity contribution in [2.45, 2.75) is 25.8 Å². The van der Waals surface area contributed by atoms with Gasteiger partial charge in [0, 0.05) is 0 Å². The molecule has 4 aromatic rings. The van der Waals surface area contributed by atoms with Crippen LogP contribution in [0.2, 0.25) is 5.02 Å². The molecule has 34 heavy (non-hydrogen) atoms. The SMILES string of the molecule is CCCC(Nc1nc(N)nc(N)c1C#N)c1nc2cccc(Cl)c2c(=O)n1-c1ccc(N)nc1. The van der Waals surface area contributed by atoms with Crippen molar-refractivity contribution < 1.29 is 0 Å². The van der Waals surface area contributed by atoms with Crippen LogP contribution in [0, 0.1) is 11.3 Å². The number of aromatic nitrogens is 5. The third-order valence-electron chi connectivity index (χ3n) is 5.17. The Morgan fingerprint density at radius 1 is 1.18 bits per heavy atom. The molecule has 0 saturated carbocycles. The monoisotopic (exact) mass is 476 g/mol. The van der Waals surface area contributed by atoms with Gasteiger partial charge in [0.1, 0.15) is 29.1 Å². The maximum absolute atomic E-state index is 13.7. The van der Waals surface area contributed by atoms with E-state index in [2.05, 4.69) is 20.3 Å². The number of nitrogens with one attached hydrogen (secondary N) is 1. The molecule has 0 aliphatic heterocycles. The van der Waals surface area contributed by atoms with Crippen molar-refractivity contribution in [2.75, 3.05) is 22.5 Å². The average Bonchev–Trinajstić information content (AvgIpc) is 2.79. The van der Waals surface area contributed by atoms with Gasteiger partial charge in [-0.3, -0.25) is 9.36 Å². The largest absolute Gasteiger partial charge is 0.384 e. The molecule has 1 aromatic carbocycles. The summed E-state index contributed by atoms with van der Waals surface area (Å²) in [6.07, 6.45) is 2.74. The van der Waals surface area contributed by atoms with E-state index in [0.717, 1.165) is 6.42 Å². The van der Waals surface area contributed by atoms with Crippen molar-refractivity contribution in [1.82, 2.24) is 24.5 Å². The minimum atomic E-state index is -0.556. The number of nitriles is 1. The van der Waals surface area contributed by atoms with Crippen molar-refractivity contribution in [3.63, 3.8) is 0 Å². The Labute approximate surface area is 199 Å². The normalized spacial score (nSPS) is 11.8. The molecule has 12 heteroatoms. The Kier molecular flexibility index (Phi) is 6.16. The molecule has 0 amide bonds. The molecular formula is C22H21ClN10O. The highest BCUT2D eigenvalue weighted by Crippen LogP contribution is 2.29. The zero-order chi connectivity index (χ0) is 24.4. The number of pyridine rings is 1. The number of benzene rings is 1. The summed E-state index contributed by atoms with van der Waals surface area (Å²) in [5, 5.41) is 13.3. The summed E-state index contributed by atoms with van der Waals surface area (Å²) < 4.78 is 1.42. The second-order valence-corrected chi connectivity index (χ2v) is 7.88. The smallest absolute Gasteiger partial charge is 0.267 e. The molecule has 1 atom stereocenters. The number of rotatable bonds is 6. The van der Waals surface area contributed by atoms with Gasteiger partial charge in [0.15, 0.2) is 5.82 Å². The van der Waals surface area contributed by atoms with Gasteiger partial charge in [-0.25, -0.2) is 9.97 Å².